The van der Waals surface area contributed by atoms with E-state index in [9.17, 15) is 14.5 Å². The summed E-state index contributed by atoms with van der Waals surface area (Å²) in [4.78, 5) is 12.5. The molecule has 21 heavy (non-hydrogen) atoms. The van der Waals surface area contributed by atoms with Crippen LogP contribution in [0.2, 0.25) is 0 Å². The number of nitro benzene ring substituents is 1. The van der Waals surface area contributed by atoms with E-state index in [4.69, 9.17) is 0 Å². The molecular formula is C13H20Cl2FN3O2. The number of non-ortho nitro benzene ring substituents is 1. The number of benzene rings is 1. The van der Waals surface area contributed by atoms with Crippen molar-refractivity contribution in [1.29, 1.82) is 0 Å². The topological polar surface area (TPSA) is 58.4 Å². The average Bonchev–Trinajstić information content (AvgIpc) is 2.42. The van der Waals surface area contributed by atoms with E-state index in [1.165, 1.54) is 18.2 Å². The fourth-order valence-electron chi connectivity index (χ4n) is 2.57. The number of hydrogen-bond donors (Lipinski definition) is 1. The van der Waals surface area contributed by atoms with Crippen molar-refractivity contribution < 1.29 is 9.31 Å². The van der Waals surface area contributed by atoms with Gasteiger partial charge < -0.3 is 5.32 Å². The lowest BCUT2D eigenvalue weighted by molar-refractivity contribution is -0.385. The van der Waals surface area contributed by atoms with Gasteiger partial charge in [-0.15, -0.1) is 24.8 Å². The zero-order valence-electron chi connectivity index (χ0n) is 11.8. The van der Waals surface area contributed by atoms with Gasteiger partial charge in [-0.2, -0.15) is 0 Å². The summed E-state index contributed by atoms with van der Waals surface area (Å²) in [5.41, 5.74) is 0.378. The third-order valence-electron chi connectivity index (χ3n) is 3.53. The van der Waals surface area contributed by atoms with E-state index in [0.29, 0.717) is 5.56 Å². The van der Waals surface area contributed by atoms with Crippen molar-refractivity contribution in [3.8, 4) is 0 Å². The fourth-order valence-corrected chi connectivity index (χ4v) is 2.57. The highest BCUT2D eigenvalue weighted by molar-refractivity contribution is 5.85. The Balaban J connectivity index is 0.00000200. The van der Waals surface area contributed by atoms with Crippen molar-refractivity contribution in [2.45, 2.75) is 19.4 Å². The zero-order chi connectivity index (χ0) is 13.8. The van der Waals surface area contributed by atoms with E-state index in [1.807, 2.05) is 6.92 Å². The Morgan fingerprint density at radius 2 is 2.00 bits per heavy atom. The van der Waals surface area contributed by atoms with Gasteiger partial charge >= 0.3 is 0 Å². The van der Waals surface area contributed by atoms with Gasteiger partial charge in [-0.05, 0) is 12.5 Å². The van der Waals surface area contributed by atoms with Crippen molar-refractivity contribution in [1.82, 2.24) is 10.2 Å². The van der Waals surface area contributed by atoms with Crippen LogP contribution in [-0.2, 0) is 0 Å². The minimum atomic E-state index is -0.479. The molecule has 1 aromatic rings. The van der Waals surface area contributed by atoms with Crippen LogP contribution in [0.3, 0.4) is 0 Å². The first-order valence-electron chi connectivity index (χ1n) is 6.52. The quantitative estimate of drug-likeness (QED) is 0.676. The third kappa shape index (κ3) is 4.78. The molecule has 2 rings (SSSR count). The molecule has 0 saturated carbocycles. The van der Waals surface area contributed by atoms with Gasteiger partial charge in [0.25, 0.3) is 5.69 Å². The summed E-state index contributed by atoms with van der Waals surface area (Å²) in [7, 11) is 0. The number of nitrogens with zero attached hydrogens (tertiary/aromatic N) is 2. The summed E-state index contributed by atoms with van der Waals surface area (Å²) >= 11 is 0. The van der Waals surface area contributed by atoms with E-state index in [1.54, 1.807) is 0 Å². The van der Waals surface area contributed by atoms with E-state index in [0.717, 1.165) is 32.6 Å². The highest BCUT2D eigenvalue weighted by Gasteiger charge is 2.24. The van der Waals surface area contributed by atoms with Gasteiger partial charge in [-0.25, -0.2) is 4.39 Å². The monoisotopic (exact) mass is 339 g/mol. The normalized spacial score (nSPS) is 16.5. The maximum atomic E-state index is 14.0. The van der Waals surface area contributed by atoms with Crippen LogP contribution in [0.25, 0.3) is 0 Å². The molecule has 1 aliphatic heterocycles. The Morgan fingerprint density at radius 3 is 2.52 bits per heavy atom. The van der Waals surface area contributed by atoms with Crippen LogP contribution in [-0.4, -0.2) is 36.0 Å². The van der Waals surface area contributed by atoms with Crippen LogP contribution in [0.15, 0.2) is 18.2 Å². The third-order valence-corrected chi connectivity index (χ3v) is 3.53. The van der Waals surface area contributed by atoms with Gasteiger partial charge in [-0.3, -0.25) is 15.0 Å². The molecule has 0 amide bonds. The Morgan fingerprint density at radius 1 is 1.38 bits per heavy atom. The number of halogens is 3. The highest BCUT2D eigenvalue weighted by Crippen LogP contribution is 2.29. The zero-order valence-corrected chi connectivity index (χ0v) is 13.4. The van der Waals surface area contributed by atoms with Crippen LogP contribution >= 0.6 is 24.8 Å². The predicted molar refractivity (Wildman–Crippen MR) is 85.0 cm³/mol. The van der Waals surface area contributed by atoms with Crippen molar-refractivity contribution in [2.75, 3.05) is 26.2 Å². The Kier molecular flexibility index (Phi) is 8.73. The van der Waals surface area contributed by atoms with Crippen LogP contribution in [0, 0.1) is 15.9 Å². The highest BCUT2D eigenvalue weighted by atomic mass is 35.5. The molecule has 0 spiro atoms. The molecule has 0 aliphatic carbocycles. The second-order valence-electron chi connectivity index (χ2n) is 4.67. The maximum absolute atomic E-state index is 14.0. The van der Waals surface area contributed by atoms with E-state index < -0.39 is 4.92 Å². The SMILES string of the molecule is CC[C@H](c1cc([N+](=O)[O-])ccc1F)N1CCNCC1.Cl.Cl. The molecule has 0 radical (unpaired) electrons. The summed E-state index contributed by atoms with van der Waals surface area (Å²) in [6, 6.07) is 3.68. The Labute approximate surface area is 135 Å². The average molecular weight is 340 g/mol. The van der Waals surface area contributed by atoms with Crippen molar-refractivity contribution in [3.63, 3.8) is 0 Å². The molecule has 1 saturated heterocycles. The van der Waals surface area contributed by atoms with Crippen molar-refractivity contribution in [3.05, 3.63) is 39.7 Å². The molecule has 1 atom stereocenters. The lowest BCUT2D eigenvalue weighted by atomic mass is 10.0. The molecule has 1 aromatic carbocycles. The molecule has 0 aromatic heterocycles. The molecule has 1 heterocycles. The maximum Gasteiger partial charge on any atom is 0.269 e. The number of rotatable bonds is 4. The van der Waals surface area contributed by atoms with E-state index in [-0.39, 0.29) is 42.4 Å². The van der Waals surface area contributed by atoms with Crippen molar-refractivity contribution in [2.24, 2.45) is 0 Å². The second-order valence-corrected chi connectivity index (χ2v) is 4.67. The first-order valence-corrected chi connectivity index (χ1v) is 6.52. The minimum absolute atomic E-state index is 0. The van der Waals surface area contributed by atoms with E-state index >= 15 is 0 Å². The molecule has 5 nitrogen and oxygen atoms in total. The van der Waals surface area contributed by atoms with Crippen LogP contribution in [0.5, 0.6) is 0 Å². The standard InChI is InChI=1S/C13H18FN3O2.2ClH/c1-2-13(16-7-5-15-6-8-16)11-9-10(17(18)19)3-4-12(11)14;;/h3-4,9,13,15H,2,5-8H2,1H3;2*1H/t13-;;/m1../s1. The molecule has 120 valence electrons. The first-order chi connectivity index (χ1) is 9.13. The van der Waals surface area contributed by atoms with Crippen LogP contribution in [0.1, 0.15) is 24.9 Å². The largest absolute Gasteiger partial charge is 0.314 e. The Hall–Kier alpha value is -0.950. The van der Waals surface area contributed by atoms with Crippen molar-refractivity contribution >= 4 is 30.5 Å². The fraction of sp³-hybridized carbons (Fsp3) is 0.538. The molecule has 0 bridgehead atoms. The van der Waals surface area contributed by atoms with E-state index in [2.05, 4.69) is 10.2 Å². The smallest absolute Gasteiger partial charge is 0.269 e. The molecular weight excluding hydrogens is 320 g/mol. The molecule has 1 N–H and O–H groups in total. The predicted octanol–water partition coefficient (Wildman–Crippen LogP) is 2.93. The summed E-state index contributed by atoms with van der Waals surface area (Å²) in [6.45, 7) is 5.38. The lowest BCUT2D eigenvalue weighted by Crippen LogP contribution is -2.45. The second kappa shape index (κ2) is 9.15. The summed E-state index contributed by atoms with van der Waals surface area (Å²) < 4.78 is 14.0. The summed E-state index contributed by atoms with van der Waals surface area (Å²) in [6.07, 6.45) is 0.734. The Bertz CT molecular complexity index is 471. The molecule has 1 fully saturated rings. The number of piperazine rings is 1. The van der Waals surface area contributed by atoms with Crippen LogP contribution in [0.4, 0.5) is 10.1 Å². The first kappa shape index (κ1) is 20.1. The van der Waals surface area contributed by atoms with Gasteiger partial charge in [0.2, 0.25) is 0 Å². The number of hydrogen-bond acceptors (Lipinski definition) is 4. The van der Waals surface area contributed by atoms with Gasteiger partial charge in [0.15, 0.2) is 0 Å². The molecule has 8 heteroatoms. The van der Waals surface area contributed by atoms with Gasteiger partial charge in [0.05, 0.1) is 4.92 Å². The van der Waals surface area contributed by atoms with Gasteiger partial charge in [-0.1, -0.05) is 6.92 Å². The lowest BCUT2D eigenvalue weighted by Gasteiger charge is -2.34. The van der Waals surface area contributed by atoms with Gasteiger partial charge in [0, 0.05) is 49.9 Å². The number of nitrogens with one attached hydrogen (secondary N) is 1. The molecule has 0 unspecified atom stereocenters. The summed E-state index contributed by atoms with van der Waals surface area (Å²) in [5, 5.41) is 14.1. The minimum Gasteiger partial charge on any atom is -0.314 e. The van der Waals surface area contributed by atoms with Crippen LogP contribution < -0.4 is 5.32 Å². The molecule has 1 aliphatic rings. The number of nitro groups is 1. The van der Waals surface area contributed by atoms with Gasteiger partial charge in [0.1, 0.15) is 5.82 Å². The summed E-state index contributed by atoms with van der Waals surface area (Å²) in [5.74, 6) is -0.365.